The molecule has 28 heavy (non-hydrogen) atoms. The zero-order valence-electron chi connectivity index (χ0n) is 15.2. The molecule has 0 atom stereocenters. The van der Waals surface area contributed by atoms with Crippen LogP contribution in [0.15, 0.2) is 64.2 Å². The molecule has 0 radical (unpaired) electrons. The van der Waals surface area contributed by atoms with Gasteiger partial charge in [-0.05, 0) is 24.6 Å². The lowest BCUT2D eigenvalue weighted by Crippen LogP contribution is -2.28. The van der Waals surface area contributed by atoms with Crippen LogP contribution in [0.4, 0.5) is 0 Å². The molecule has 0 spiro atoms. The van der Waals surface area contributed by atoms with Crippen LogP contribution in [0.5, 0.6) is 5.75 Å². The molecule has 0 fully saturated rings. The van der Waals surface area contributed by atoms with Gasteiger partial charge in [-0.3, -0.25) is 9.59 Å². The van der Waals surface area contributed by atoms with Crippen molar-refractivity contribution >= 4 is 22.4 Å². The molecule has 2 aromatic heterocycles. The Morgan fingerprint density at radius 2 is 1.82 bits per heavy atom. The lowest BCUT2D eigenvalue weighted by Gasteiger charge is -2.05. The van der Waals surface area contributed by atoms with E-state index >= 15 is 0 Å². The van der Waals surface area contributed by atoms with Crippen LogP contribution in [0.25, 0.3) is 11.0 Å². The predicted octanol–water partition coefficient (Wildman–Crippen LogP) is 2.05. The van der Waals surface area contributed by atoms with E-state index in [0.29, 0.717) is 23.3 Å². The normalized spacial score (nSPS) is 11.8. The second-order valence-corrected chi connectivity index (χ2v) is 7.12. The van der Waals surface area contributed by atoms with E-state index in [2.05, 4.69) is 10.1 Å². The highest BCUT2D eigenvalue weighted by atomic mass is 32.1. The SMILES string of the molecule is CCOc1ccccc1/C=c1\sc2nc(=O)c(Cc3ccccc3)nn2c1=O. The van der Waals surface area contributed by atoms with E-state index < -0.39 is 5.56 Å². The topological polar surface area (TPSA) is 73.6 Å². The Kier molecular flexibility index (Phi) is 4.99. The molecule has 2 heterocycles. The molecule has 0 unspecified atom stereocenters. The van der Waals surface area contributed by atoms with Crippen molar-refractivity contribution in [2.24, 2.45) is 0 Å². The number of nitrogens with zero attached hydrogens (tertiary/aromatic N) is 3. The van der Waals surface area contributed by atoms with Gasteiger partial charge in [0.05, 0.1) is 11.1 Å². The molecule has 140 valence electrons. The smallest absolute Gasteiger partial charge is 0.296 e. The zero-order valence-corrected chi connectivity index (χ0v) is 16.0. The summed E-state index contributed by atoms with van der Waals surface area (Å²) in [6, 6.07) is 17.0. The van der Waals surface area contributed by atoms with Crippen LogP contribution in [-0.2, 0) is 6.42 Å². The Morgan fingerprint density at radius 1 is 1.07 bits per heavy atom. The summed E-state index contributed by atoms with van der Waals surface area (Å²) in [5.74, 6) is 0.696. The van der Waals surface area contributed by atoms with Crippen molar-refractivity contribution in [3.8, 4) is 5.75 Å². The molecule has 7 heteroatoms. The first-order chi connectivity index (χ1) is 13.7. The lowest BCUT2D eigenvalue weighted by atomic mass is 10.1. The minimum atomic E-state index is -0.411. The van der Waals surface area contributed by atoms with E-state index in [4.69, 9.17) is 4.74 Å². The second-order valence-electron chi connectivity index (χ2n) is 6.11. The van der Waals surface area contributed by atoms with Gasteiger partial charge in [0.1, 0.15) is 11.4 Å². The Morgan fingerprint density at radius 3 is 2.61 bits per heavy atom. The number of hydrogen-bond donors (Lipinski definition) is 0. The number of benzene rings is 2. The predicted molar refractivity (Wildman–Crippen MR) is 109 cm³/mol. The maximum atomic E-state index is 12.8. The number of aromatic nitrogens is 3. The third kappa shape index (κ3) is 3.57. The third-order valence-corrected chi connectivity index (χ3v) is 5.13. The summed E-state index contributed by atoms with van der Waals surface area (Å²) in [5, 5.41) is 4.28. The van der Waals surface area contributed by atoms with Crippen LogP contribution in [0.1, 0.15) is 23.7 Å². The number of rotatable bonds is 5. The second kappa shape index (κ2) is 7.74. The fraction of sp³-hybridized carbons (Fsp3) is 0.143. The largest absolute Gasteiger partial charge is 0.493 e. The van der Waals surface area contributed by atoms with E-state index in [1.54, 1.807) is 6.08 Å². The molecule has 0 saturated heterocycles. The Hall–Kier alpha value is -3.32. The van der Waals surface area contributed by atoms with Crippen LogP contribution < -0.4 is 20.4 Å². The average Bonchev–Trinajstić information content (AvgIpc) is 2.99. The monoisotopic (exact) mass is 391 g/mol. The Balaban J connectivity index is 1.82. The maximum absolute atomic E-state index is 12.8. The van der Waals surface area contributed by atoms with E-state index in [1.807, 2.05) is 61.5 Å². The van der Waals surface area contributed by atoms with Gasteiger partial charge in [-0.1, -0.05) is 59.9 Å². The van der Waals surface area contributed by atoms with Crippen molar-refractivity contribution < 1.29 is 4.74 Å². The molecular formula is C21H17N3O3S. The van der Waals surface area contributed by atoms with E-state index in [-0.39, 0.29) is 16.2 Å². The van der Waals surface area contributed by atoms with Gasteiger partial charge in [-0.15, -0.1) is 0 Å². The summed E-state index contributed by atoms with van der Waals surface area (Å²) in [7, 11) is 0. The first kappa shape index (κ1) is 18.1. The summed E-state index contributed by atoms with van der Waals surface area (Å²) in [6.45, 7) is 2.44. The van der Waals surface area contributed by atoms with Gasteiger partial charge >= 0.3 is 0 Å². The molecule has 4 rings (SSSR count). The van der Waals surface area contributed by atoms with Gasteiger partial charge in [-0.25, -0.2) is 0 Å². The maximum Gasteiger partial charge on any atom is 0.296 e. The highest BCUT2D eigenvalue weighted by molar-refractivity contribution is 7.15. The molecule has 4 aromatic rings. The van der Waals surface area contributed by atoms with Crippen LogP contribution >= 0.6 is 11.3 Å². The number of hydrogen-bond acceptors (Lipinski definition) is 6. The fourth-order valence-corrected chi connectivity index (χ4v) is 3.76. The van der Waals surface area contributed by atoms with Gasteiger partial charge < -0.3 is 4.74 Å². The molecule has 0 aliphatic heterocycles. The lowest BCUT2D eigenvalue weighted by molar-refractivity contribution is 0.339. The van der Waals surface area contributed by atoms with Crippen LogP contribution in [0, 0.1) is 0 Å². The summed E-state index contributed by atoms with van der Waals surface area (Å²) in [6.07, 6.45) is 2.08. The van der Waals surface area contributed by atoms with Crippen LogP contribution in [0.3, 0.4) is 0 Å². The highest BCUT2D eigenvalue weighted by Gasteiger charge is 2.12. The fourth-order valence-electron chi connectivity index (χ4n) is 2.87. The van der Waals surface area contributed by atoms with Crippen molar-refractivity contribution in [2.75, 3.05) is 6.61 Å². The molecule has 0 aliphatic rings. The van der Waals surface area contributed by atoms with Gasteiger partial charge in [-0.2, -0.15) is 14.6 Å². The van der Waals surface area contributed by atoms with Crippen molar-refractivity contribution in [1.82, 2.24) is 14.6 Å². The quantitative estimate of drug-likeness (QED) is 0.521. The van der Waals surface area contributed by atoms with Gasteiger partial charge in [0.2, 0.25) is 4.96 Å². The number of ether oxygens (including phenoxy) is 1. The van der Waals surface area contributed by atoms with Crippen LogP contribution in [0.2, 0.25) is 0 Å². The Labute approximate surface area is 164 Å². The Bertz CT molecular complexity index is 1300. The number of fused-ring (bicyclic) bond motifs is 1. The molecule has 0 aliphatic carbocycles. The minimum Gasteiger partial charge on any atom is -0.493 e. The van der Waals surface area contributed by atoms with Crippen molar-refractivity contribution in [2.45, 2.75) is 13.3 Å². The molecular weight excluding hydrogens is 374 g/mol. The van der Waals surface area contributed by atoms with Gasteiger partial charge in [0.25, 0.3) is 11.1 Å². The molecule has 2 aromatic carbocycles. The van der Waals surface area contributed by atoms with Crippen molar-refractivity contribution in [1.29, 1.82) is 0 Å². The molecule has 0 N–H and O–H groups in total. The summed E-state index contributed by atoms with van der Waals surface area (Å²) in [5.41, 5.74) is 1.27. The van der Waals surface area contributed by atoms with Crippen LogP contribution in [-0.4, -0.2) is 21.2 Å². The van der Waals surface area contributed by atoms with Gasteiger partial charge in [0.15, 0.2) is 0 Å². The number of para-hydroxylation sites is 1. The summed E-state index contributed by atoms with van der Waals surface area (Å²) < 4.78 is 7.27. The molecule has 0 amide bonds. The first-order valence-corrected chi connectivity index (χ1v) is 9.67. The van der Waals surface area contributed by atoms with E-state index in [0.717, 1.165) is 22.5 Å². The van der Waals surface area contributed by atoms with Crippen molar-refractivity contribution in [3.63, 3.8) is 0 Å². The molecule has 0 saturated carbocycles. The standard InChI is InChI=1S/C21H17N3O3S/c1-2-27-17-11-7-6-10-15(17)13-18-20(26)24-21(28-18)22-19(25)16(23-24)12-14-8-4-3-5-9-14/h3-11,13H,2,12H2,1H3/b18-13-. The third-order valence-electron chi connectivity index (χ3n) is 4.17. The van der Waals surface area contributed by atoms with Crippen molar-refractivity contribution in [3.05, 3.63) is 96.7 Å². The average molecular weight is 391 g/mol. The minimum absolute atomic E-state index is 0.250. The summed E-state index contributed by atoms with van der Waals surface area (Å²) in [4.78, 5) is 29.5. The molecule has 0 bridgehead atoms. The molecule has 6 nitrogen and oxygen atoms in total. The highest BCUT2D eigenvalue weighted by Crippen LogP contribution is 2.18. The first-order valence-electron chi connectivity index (χ1n) is 8.86. The van der Waals surface area contributed by atoms with Gasteiger partial charge in [0, 0.05) is 12.0 Å². The van der Waals surface area contributed by atoms with E-state index in [9.17, 15) is 9.59 Å². The summed E-state index contributed by atoms with van der Waals surface area (Å²) >= 11 is 1.14. The van der Waals surface area contributed by atoms with E-state index in [1.165, 1.54) is 4.52 Å². The number of thiazole rings is 1. The zero-order chi connectivity index (χ0) is 19.5.